The number of anilines is 1. The number of nitrogens with zero attached hydrogens (tertiary/aromatic N) is 3. The van der Waals surface area contributed by atoms with Crippen molar-refractivity contribution >= 4 is 5.69 Å². The molecule has 2 aromatic heterocycles. The minimum atomic E-state index is 0.484. The van der Waals surface area contributed by atoms with E-state index in [0.29, 0.717) is 17.4 Å². The molecule has 3 rings (SSSR count). The van der Waals surface area contributed by atoms with Gasteiger partial charge in [-0.05, 0) is 43.3 Å². The Morgan fingerprint density at radius 3 is 2.58 bits per heavy atom. The molecule has 0 aliphatic heterocycles. The van der Waals surface area contributed by atoms with Crippen LogP contribution in [-0.2, 0) is 0 Å². The number of nitrogens with two attached hydrogens (primary N) is 1. The molecule has 0 saturated heterocycles. The summed E-state index contributed by atoms with van der Waals surface area (Å²) in [5, 5.41) is 3.97. The second kappa shape index (κ2) is 4.53. The van der Waals surface area contributed by atoms with Crippen LogP contribution in [0.25, 0.3) is 22.8 Å². The van der Waals surface area contributed by atoms with Gasteiger partial charge in [0.2, 0.25) is 5.82 Å². The van der Waals surface area contributed by atoms with Crippen molar-refractivity contribution in [3.8, 4) is 22.8 Å². The largest absolute Gasteiger partial charge is 0.399 e. The van der Waals surface area contributed by atoms with E-state index in [1.807, 2.05) is 43.3 Å². The summed E-state index contributed by atoms with van der Waals surface area (Å²) in [6, 6.07) is 11.1. The minimum Gasteiger partial charge on any atom is -0.399 e. The SMILES string of the molecule is Cc1cc(-c2nc(-c3ccc(N)cc3)no2)ccn1. The highest BCUT2D eigenvalue weighted by molar-refractivity contribution is 5.61. The summed E-state index contributed by atoms with van der Waals surface area (Å²) in [6.45, 7) is 1.92. The van der Waals surface area contributed by atoms with Crippen LogP contribution in [0.3, 0.4) is 0 Å². The normalized spacial score (nSPS) is 10.6. The monoisotopic (exact) mass is 252 g/mol. The molecule has 0 spiro atoms. The molecular formula is C14H12N4O. The third kappa shape index (κ3) is 2.30. The van der Waals surface area contributed by atoms with Gasteiger partial charge in [-0.1, -0.05) is 5.16 Å². The van der Waals surface area contributed by atoms with Crippen LogP contribution >= 0.6 is 0 Å². The maximum absolute atomic E-state index is 5.65. The van der Waals surface area contributed by atoms with Crippen LogP contribution in [0.5, 0.6) is 0 Å². The van der Waals surface area contributed by atoms with Crippen molar-refractivity contribution in [2.24, 2.45) is 0 Å². The molecule has 3 aromatic rings. The Morgan fingerprint density at radius 1 is 1.05 bits per heavy atom. The van der Waals surface area contributed by atoms with E-state index in [0.717, 1.165) is 16.8 Å². The molecule has 2 heterocycles. The van der Waals surface area contributed by atoms with E-state index in [2.05, 4.69) is 15.1 Å². The standard InChI is InChI=1S/C14H12N4O/c1-9-8-11(6-7-16-9)14-17-13(18-19-14)10-2-4-12(15)5-3-10/h2-8H,15H2,1H3. The quantitative estimate of drug-likeness (QED) is 0.709. The van der Waals surface area contributed by atoms with E-state index >= 15 is 0 Å². The zero-order valence-electron chi connectivity index (χ0n) is 10.4. The summed E-state index contributed by atoms with van der Waals surface area (Å²) in [6.07, 6.45) is 1.72. The number of hydrogen-bond acceptors (Lipinski definition) is 5. The Bertz CT molecular complexity index is 703. The van der Waals surface area contributed by atoms with E-state index in [1.54, 1.807) is 6.20 Å². The molecule has 0 amide bonds. The topological polar surface area (TPSA) is 77.8 Å². The summed E-state index contributed by atoms with van der Waals surface area (Å²) in [5.41, 5.74) is 8.99. The lowest BCUT2D eigenvalue weighted by molar-refractivity contribution is 0.432. The molecule has 19 heavy (non-hydrogen) atoms. The molecule has 5 heteroatoms. The van der Waals surface area contributed by atoms with E-state index in [1.165, 1.54) is 0 Å². The summed E-state index contributed by atoms with van der Waals surface area (Å²) < 4.78 is 5.27. The van der Waals surface area contributed by atoms with Crippen molar-refractivity contribution in [2.45, 2.75) is 6.92 Å². The number of rotatable bonds is 2. The van der Waals surface area contributed by atoms with Gasteiger partial charge in [0.1, 0.15) is 0 Å². The average molecular weight is 252 g/mol. The zero-order chi connectivity index (χ0) is 13.2. The molecule has 0 radical (unpaired) electrons. The summed E-state index contributed by atoms with van der Waals surface area (Å²) in [5.74, 6) is 1.03. The number of pyridine rings is 1. The third-order valence-electron chi connectivity index (χ3n) is 2.74. The predicted octanol–water partition coefficient (Wildman–Crippen LogP) is 2.69. The van der Waals surface area contributed by atoms with E-state index < -0.39 is 0 Å². The molecule has 0 saturated carbocycles. The Labute approximate surface area is 110 Å². The van der Waals surface area contributed by atoms with Gasteiger partial charge in [0.15, 0.2) is 0 Å². The van der Waals surface area contributed by atoms with Gasteiger partial charge < -0.3 is 10.3 Å². The van der Waals surface area contributed by atoms with Gasteiger partial charge >= 0.3 is 0 Å². The first-order valence-corrected chi connectivity index (χ1v) is 5.85. The maximum atomic E-state index is 5.65. The van der Waals surface area contributed by atoms with Gasteiger partial charge in [-0.2, -0.15) is 4.98 Å². The van der Waals surface area contributed by atoms with Gasteiger partial charge in [0.25, 0.3) is 5.89 Å². The number of benzene rings is 1. The van der Waals surface area contributed by atoms with E-state index in [9.17, 15) is 0 Å². The minimum absolute atomic E-state index is 0.484. The predicted molar refractivity (Wildman–Crippen MR) is 72.1 cm³/mol. The van der Waals surface area contributed by atoms with Crippen LogP contribution in [0, 0.1) is 6.92 Å². The molecule has 94 valence electrons. The van der Waals surface area contributed by atoms with Gasteiger partial charge in [0.05, 0.1) is 0 Å². The van der Waals surface area contributed by atoms with E-state index in [4.69, 9.17) is 10.3 Å². The van der Waals surface area contributed by atoms with Crippen molar-refractivity contribution < 1.29 is 4.52 Å². The Hall–Kier alpha value is -2.69. The molecule has 0 bridgehead atoms. The number of hydrogen-bond donors (Lipinski definition) is 1. The molecular weight excluding hydrogens is 240 g/mol. The van der Waals surface area contributed by atoms with Crippen LogP contribution in [0.15, 0.2) is 47.1 Å². The molecule has 0 fully saturated rings. The lowest BCUT2D eigenvalue weighted by Gasteiger charge is -1.95. The lowest BCUT2D eigenvalue weighted by atomic mass is 10.2. The third-order valence-corrected chi connectivity index (χ3v) is 2.74. The summed E-state index contributed by atoms with van der Waals surface area (Å²) in [7, 11) is 0. The van der Waals surface area contributed by atoms with Crippen molar-refractivity contribution in [3.63, 3.8) is 0 Å². The number of aromatic nitrogens is 3. The zero-order valence-corrected chi connectivity index (χ0v) is 10.4. The van der Waals surface area contributed by atoms with Crippen LogP contribution in [0.4, 0.5) is 5.69 Å². The highest BCUT2D eigenvalue weighted by atomic mass is 16.5. The molecule has 0 atom stereocenters. The first-order valence-electron chi connectivity index (χ1n) is 5.85. The fraction of sp³-hybridized carbons (Fsp3) is 0.0714. The Morgan fingerprint density at radius 2 is 1.84 bits per heavy atom. The smallest absolute Gasteiger partial charge is 0.258 e. The summed E-state index contributed by atoms with van der Waals surface area (Å²) in [4.78, 5) is 8.51. The van der Waals surface area contributed by atoms with Crippen molar-refractivity contribution in [2.75, 3.05) is 5.73 Å². The Kier molecular flexibility index (Phi) is 2.72. The number of nitrogen functional groups attached to an aromatic ring is 1. The molecule has 0 aliphatic carbocycles. The van der Waals surface area contributed by atoms with Crippen molar-refractivity contribution in [1.82, 2.24) is 15.1 Å². The van der Waals surface area contributed by atoms with Crippen molar-refractivity contribution in [3.05, 3.63) is 48.3 Å². The molecule has 0 aliphatic rings. The van der Waals surface area contributed by atoms with Gasteiger partial charge in [-0.15, -0.1) is 0 Å². The first-order chi connectivity index (χ1) is 9.22. The fourth-order valence-corrected chi connectivity index (χ4v) is 1.77. The Balaban J connectivity index is 1.97. The highest BCUT2D eigenvalue weighted by Gasteiger charge is 2.10. The first kappa shape index (κ1) is 11.4. The maximum Gasteiger partial charge on any atom is 0.258 e. The molecule has 5 nitrogen and oxygen atoms in total. The van der Waals surface area contributed by atoms with Crippen LogP contribution < -0.4 is 5.73 Å². The molecule has 1 aromatic carbocycles. The number of aryl methyl sites for hydroxylation is 1. The van der Waals surface area contributed by atoms with Crippen LogP contribution in [0.2, 0.25) is 0 Å². The van der Waals surface area contributed by atoms with Crippen molar-refractivity contribution in [1.29, 1.82) is 0 Å². The average Bonchev–Trinajstić information content (AvgIpc) is 2.89. The van der Waals surface area contributed by atoms with Crippen LogP contribution in [0.1, 0.15) is 5.69 Å². The summed E-state index contributed by atoms with van der Waals surface area (Å²) >= 11 is 0. The second-order valence-electron chi connectivity index (χ2n) is 4.23. The molecule has 0 unspecified atom stereocenters. The molecule has 2 N–H and O–H groups in total. The van der Waals surface area contributed by atoms with Gasteiger partial charge in [0, 0.05) is 28.7 Å². The second-order valence-corrected chi connectivity index (χ2v) is 4.23. The van der Waals surface area contributed by atoms with Crippen LogP contribution in [-0.4, -0.2) is 15.1 Å². The fourth-order valence-electron chi connectivity index (χ4n) is 1.77. The van der Waals surface area contributed by atoms with Gasteiger partial charge in [-0.3, -0.25) is 4.98 Å². The van der Waals surface area contributed by atoms with E-state index in [-0.39, 0.29) is 0 Å². The lowest BCUT2D eigenvalue weighted by Crippen LogP contribution is -1.86. The highest BCUT2D eigenvalue weighted by Crippen LogP contribution is 2.22. The van der Waals surface area contributed by atoms with Gasteiger partial charge in [-0.25, -0.2) is 0 Å².